The topological polar surface area (TPSA) is 56.3 Å². The molecule has 0 fully saturated rings. The molecular weight excluding hydrogens is 266 g/mol. The van der Waals surface area contributed by atoms with Crippen LogP contribution in [0.25, 0.3) is 0 Å². The minimum atomic E-state index is 0.279. The van der Waals surface area contributed by atoms with Gasteiger partial charge >= 0.3 is 6.01 Å². The lowest BCUT2D eigenvalue weighted by atomic mass is 10.2. The molecule has 0 radical (unpaired) electrons. The largest absolute Gasteiger partial charge is 0.497 e. The predicted octanol–water partition coefficient (Wildman–Crippen LogP) is 2.76. The van der Waals surface area contributed by atoms with E-state index < -0.39 is 0 Å². The van der Waals surface area contributed by atoms with Gasteiger partial charge in [0.25, 0.3) is 0 Å². The average Bonchev–Trinajstić information content (AvgIpc) is 2.47. The fourth-order valence-corrected chi connectivity index (χ4v) is 1.66. The van der Waals surface area contributed by atoms with Crippen LogP contribution in [0, 0.1) is 0 Å². The van der Waals surface area contributed by atoms with Gasteiger partial charge in [-0.05, 0) is 17.7 Å². The highest BCUT2D eigenvalue weighted by atomic mass is 35.5. The minimum absolute atomic E-state index is 0.279. The van der Waals surface area contributed by atoms with Crippen LogP contribution in [-0.4, -0.2) is 24.2 Å². The third kappa shape index (κ3) is 3.48. The van der Waals surface area contributed by atoms with Gasteiger partial charge in [0.1, 0.15) is 10.8 Å². The van der Waals surface area contributed by atoms with Crippen molar-refractivity contribution < 1.29 is 9.47 Å². The highest BCUT2D eigenvalue weighted by Crippen LogP contribution is 2.21. The SMILES string of the molecule is COc1ccc(CNc2nc(OC)ncc2Cl)cc1. The second-order valence-electron chi connectivity index (χ2n) is 3.75. The van der Waals surface area contributed by atoms with Crippen LogP contribution in [0.15, 0.2) is 30.5 Å². The lowest BCUT2D eigenvalue weighted by molar-refractivity contribution is 0.380. The number of nitrogens with one attached hydrogen (secondary N) is 1. The number of hydrogen-bond acceptors (Lipinski definition) is 5. The number of rotatable bonds is 5. The summed E-state index contributed by atoms with van der Waals surface area (Å²) in [6.07, 6.45) is 1.50. The van der Waals surface area contributed by atoms with Gasteiger partial charge in [0, 0.05) is 6.54 Å². The van der Waals surface area contributed by atoms with Crippen molar-refractivity contribution in [3.05, 3.63) is 41.0 Å². The average molecular weight is 280 g/mol. The zero-order chi connectivity index (χ0) is 13.7. The van der Waals surface area contributed by atoms with Crippen LogP contribution in [0.1, 0.15) is 5.56 Å². The molecule has 5 nitrogen and oxygen atoms in total. The number of nitrogens with zero attached hydrogens (tertiary/aromatic N) is 2. The second-order valence-corrected chi connectivity index (χ2v) is 4.16. The molecule has 0 aliphatic rings. The van der Waals surface area contributed by atoms with Crippen LogP contribution in [0.3, 0.4) is 0 Å². The van der Waals surface area contributed by atoms with E-state index in [1.807, 2.05) is 24.3 Å². The Bertz CT molecular complexity index is 546. The molecule has 0 aliphatic heterocycles. The molecule has 1 N–H and O–H groups in total. The number of benzene rings is 1. The highest BCUT2D eigenvalue weighted by Gasteiger charge is 2.05. The van der Waals surface area contributed by atoms with Crippen LogP contribution in [0.4, 0.5) is 5.82 Å². The fourth-order valence-electron chi connectivity index (χ4n) is 1.50. The molecule has 0 bridgehead atoms. The Hall–Kier alpha value is -2.01. The smallest absolute Gasteiger partial charge is 0.318 e. The molecule has 0 saturated carbocycles. The molecule has 0 spiro atoms. The van der Waals surface area contributed by atoms with Gasteiger partial charge in [-0.15, -0.1) is 0 Å². The van der Waals surface area contributed by atoms with Crippen molar-refractivity contribution in [2.75, 3.05) is 19.5 Å². The number of hydrogen-bond donors (Lipinski definition) is 1. The molecule has 100 valence electrons. The highest BCUT2D eigenvalue weighted by molar-refractivity contribution is 6.32. The summed E-state index contributed by atoms with van der Waals surface area (Å²) in [6, 6.07) is 8.02. The molecule has 0 unspecified atom stereocenters. The van der Waals surface area contributed by atoms with E-state index in [0.29, 0.717) is 17.4 Å². The van der Waals surface area contributed by atoms with E-state index in [1.54, 1.807) is 7.11 Å². The van der Waals surface area contributed by atoms with Gasteiger partial charge in [-0.25, -0.2) is 4.98 Å². The minimum Gasteiger partial charge on any atom is -0.497 e. The third-order valence-electron chi connectivity index (χ3n) is 2.52. The van der Waals surface area contributed by atoms with Crippen molar-refractivity contribution in [3.8, 4) is 11.8 Å². The maximum Gasteiger partial charge on any atom is 0.318 e. The first-order chi connectivity index (χ1) is 9.22. The molecule has 2 aromatic rings. The third-order valence-corrected chi connectivity index (χ3v) is 2.80. The van der Waals surface area contributed by atoms with Gasteiger partial charge in [0.2, 0.25) is 0 Å². The standard InChI is InChI=1S/C13H14ClN3O2/c1-18-10-5-3-9(4-6-10)7-15-12-11(14)8-16-13(17-12)19-2/h3-6,8H,7H2,1-2H3,(H,15,16,17). The van der Waals surface area contributed by atoms with Crippen molar-refractivity contribution in [3.63, 3.8) is 0 Å². The molecule has 19 heavy (non-hydrogen) atoms. The van der Waals surface area contributed by atoms with Crippen molar-refractivity contribution in [1.82, 2.24) is 9.97 Å². The van der Waals surface area contributed by atoms with Crippen LogP contribution < -0.4 is 14.8 Å². The molecular formula is C13H14ClN3O2. The summed E-state index contributed by atoms with van der Waals surface area (Å²) in [5.41, 5.74) is 1.09. The van der Waals surface area contributed by atoms with Gasteiger partial charge in [0.05, 0.1) is 20.4 Å². The Morgan fingerprint density at radius 3 is 2.53 bits per heavy atom. The molecule has 1 aromatic heterocycles. The monoisotopic (exact) mass is 279 g/mol. The Kier molecular flexibility index (Phi) is 4.41. The van der Waals surface area contributed by atoms with Crippen LogP contribution >= 0.6 is 11.6 Å². The maximum atomic E-state index is 6.00. The van der Waals surface area contributed by atoms with E-state index in [-0.39, 0.29) is 6.01 Å². The molecule has 0 aliphatic carbocycles. The summed E-state index contributed by atoms with van der Waals surface area (Å²) in [5.74, 6) is 1.37. The van der Waals surface area contributed by atoms with Crippen LogP contribution in [0.2, 0.25) is 5.02 Å². The summed E-state index contributed by atoms with van der Waals surface area (Å²) in [6.45, 7) is 0.601. The predicted molar refractivity (Wildman–Crippen MR) is 73.9 cm³/mol. The van der Waals surface area contributed by atoms with Gasteiger partial charge in [-0.1, -0.05) is 23.7 Å². The Morgan fingerprint density at radius 2 is 1.89 bits per heavy atom. The Balaban J connectivity index is 2.05. The number of aromatic nitrogens is 2. The second kappa shape index (κ2) is 6.24. The molecule has 0 saturated heterocycles. The van der Waals surface area contributed by atoms with Crippen LogP contribution in [-0.2, 0) is 6.54 Å². The van der Waals surface area contributed by atoms with E-state index in [1.165, 1.54) is 13.3 Å². The number of ether oxygens (including phenoxy) is 2. The molecule has 1 heterocycles. The lowest BCUT2D eigenvalue weighted by Crippen LogP contribution is -2.04. The fraction of sp³-hybridized carbons (Fsp3) is 0.231. The normalized spacial score (nSPS) is 10.1. The van der Waals surface area contributed by atoms with Gasteiger partial charge in [0.15, 0.2) is 5.82 Å². The van der Waals surface area contributed by atoms with Crippen molar-refractivity contribution in [2.45, 2.75) is 6.54 Å². The van der Waals surface area contributed by atoms with Gasteiger partial charge in [-0.3, -0.25) is 0 Å². The van der Waals surface area contributed by atoms with Gasteiger partial charge in [-0.2, -0.15) is 4.98 Å². The summed E-state index contributed by atoms with van der Waals surface area (Å²) < 4.78 is 10.1. The first kappa shape index (κ1) is 13.4. The van der Waals surface area contributed by atoms with Crippen molar-refractivity contribution >= 4 is 17.4 Å². The van der Waals surface area contributed by atoms with Crippen LogP contribution in [0.5, 0.6) is 11.8 Å². The molecule has 1 aromatic carbocycles. The molecule has 0 atom stereocenters. The maximum absolute atomic E-state index is 6.00. The summed E-state index contributed by atoms with van der Waals surface area (Å²) in [5, 5.41) is 3.59. The zero-order valence-electron chi connectivity index (χ0n) is 10.7. The lowest BCUT2D eigenvalue weighted by Gasteiger charge is -2.08. The van der Waals surface area contributed by atoms with Gasteiger partial charge < -0.3 is 14.8 Å². The van der Waals surface area contributed by atoms with Crippen molar-refractivity contribution in [1.29, 1.82) is 0 Å². The van der Waals surface area contributed by atoms with E-state index in [2.05, 4.69) is 15.3 Å². The molecule has 6 heteroatoms. The summed E-state index contributed by atoms with van der Waals surface area (Å²) in [7, 11) is 3.15. The zero-order valence-corrected chi connectivity index (χ0v) is 11.4. The molecule has 0 amide bonds. The first-order valence-electron chi connectivity index (χ1n) is 5.66. The molecule has 2 rings (SSSR count). The summed E-state index contributed by atoms with van der Waals surface area (Å²) >= 11 is 6.00. The quantitative estimate of drug-likeness (QED) is 0.912. The number of methoxy groups -OCH3 is 2. The van der Waals surface area contributed by atoms with Crippen molar-refractivity contribution in [2.24, 2.45) is 0 Å². The number of halogens is 1. The van der Waals surface area contributed by atoms with E-state index in [9.17, 15) is 0 Å². The summed E-state index contributed by atoms with van der Waals surface area (Å²) in [4.78, 5) is 8.05. The van der Waals surface area contributed by atoms with E-state index in [0.717, 1.165) is 11.3 Å². The first-order valence-corrected chi connectivity index (χ1v) is 6.04. The van der Waals surface area contributed by atoms with E-state index in [4.69, 9.17) is 21.1 Å². The van der Waals surface area contributed by atoms with E-state index >= 15 is 0 Å². The Morgan fingerprint density at radius 1 is 1.16 bits per heavy atom. The number of anilines is 1. The Labute approximate surface area is 116 Å².